The van der Waals surface area contributed by atoms with Gasteiger partial charge in [0, 0.05) is 30.9 Å². The molecule has 0 spiro atoms. The molecule has 0 aromatic heterocycles. The number of nitro groups is 1. The summed E-state index contributed by atoms with van der Waals surface area (Å²) >= 11 is 0. The Morgan fingerprint density at radius 3 is 2.43 bits per heavy atom. The van der Waals surface area contributed by atoms with Crippen LogP contribution in [0.1, 0.15) is 29.6 Å². The van der Waals surface area contributed by atoms with Gasteiger partial charge in [-0.3, -0.25) is 14.9 Å². The van der Waals surface area contributed by atoms with Gasteiger partial charge in [0.15, 0.2) is 6.29 Å². The van der Waals surface area contributed by atoms with Gasteiger partial charge in [-0.15, -0.1) is 0 Å². The molecule has 114 valence electrons. The highest BCUT2D eigenvalue weighted by Crippen LogP contribution is 2.37. The average Bonchev–Trinajstić information content (AvgIpc) is 2.41. The van der Waals surface area contributed by atoms with E-state index in [0.717, 1.165) is 25.1 Å². The number of rotatable bonds is 6. The summed E-state index contributed by atoms with van der Waals surface area (Å²) in [5.41, 5.74) is 0.971. The molecule has 0 heterocycles. The Hall–Kier alpha value is -1.95. The summed E-state index contributed by atoms with van der Waals surface area (Å²) in [6, 6.07) is 4.69. The molecule has 0 aliphatic heterocycles. The maximum Gasteiger partial charge on any atom is 0.280 e. The molecule has 0 amide bonds. The summed E-state index contributed by atoms with van der Waals surface area (Å²) in [5, 5.41) is 10.9. The van der Waals surface area contributed by atoms with E-state index in [-0.39, 0.29) is 16.8 Å². The first-order valence-corrected chi connectivity index (χ1v) is 7.02. The fourth-order valence-electron chi connectivity index (χ4n) is 2.90. The van der Waals surface area contributed by atoms with Crippen LogP contribution in [0.2, 0.25) is 0 Å². The monoisotopic (exact) mass is 291 g/mol. The van der Waals surface area contributed by atoms with Crippen LogP contribution in [0.3, 0.4) is 0 Å². The second-order valence-corrected chi connectivity index (χ2v) is 5.95. The molecular formula is C15H21N3O3. The minimum Gasteiger partial charge on any atom is -0.373 e. The number of carbonyl (C=O) groups is 1. The first-order valence-electron chi connectivity index (χ1n) is 7.02. The van der Waals surface area contributed by atoms with E-state index in [1.54, 1.807) is 12.1 Å². The summed E-state index contributed by atoms with van der Waals surface area (Å²) in [4.78, 5) is 25.7. The number of likely N-dealkylation sites (N-methyl/N-ethyl adjacent to an activating group) is 2. The Morgan fingerprint density at radius 2 is 2.00 bits per heavy atom. The van der Waals surface area contributed by atoms with E-state index in [9.17, 15) is 14.9 Å². The molecule has 0 atom stereocenters. The first-order chi connectivity index (χ1) is 9.89. The number of nitro benzene ring substituents is 1. The molecule has 21 heavy (non-hydrogen) atoms. The van der Waals surface area contributed by atoms with Crippen molar-refractivity contribution in [3.8, 4) is 0 Å². The van der Waals surface area contributed by atoms with Gasteiger partial charge in [0.05, 0.1) is 10.5 Å². The molecule has 1 aromatic rings. The van der Waals surface area contributed by atoms with Crippen LogP contribution < -0.4 is 4.90 Å². The lowest BCUT2D eigenvalue weighted by atomic mass is 9.75. The first kappa shape index (κ1) is 15.4. The summed E-state index contributed by atoms with van der Waals surface area (Å²) in [7, 11) is 6.12. The molecule has 1 aromatic carbocycles. The lowest BCUT2D eigenvalue weighted by Gasteiger charge is -2.49. The van der Waals surface area contributed by atoms with Gasteiger partial charge in [0.25, 0.3) is 5.69 Å². The molecule has 0 saturated heterocycles. The number of hydrogen-bond acceptors (Lipinski definition) is 5. The van der Waals surface area contributed by atoms with Crippen molar-refractivity contribution >= 4 is 17.7 Å². The van der Waals surface area contributed by atoms with E-state index >= 15 is 0 Å². The van der Waals surface area contributed by atoms with E-state index in [1.807, 2.05) is 7.05 Å². The lowest BCUT2D eigenvalue weighted by molar-refractivity contribution is -0.385. The van der Waals surface area contributed by atoms with Gasteiger partial charge >= 0.3 is 0 Å². The molecule has 0 radical (unpaired) electrons. The Labute approximate surface area is 124 Å². The highest BCUT2D eigenvalue weighted by molar-refractivity contribution is 5.83. The Balaban J connectivity index is 2.21. The molecular weight excluding hydrogens is 270 g/mol. The maximum absolute atomic E-state index is 11.0. The third kappa shape index (κ3) is 2.90. The van der Waals surface area contributed by atoms with Gasteiger partial charge in [-0.25, -0.2) is 0 Å². The van der Waals surface area contributed by atoms with Crippen LogP contribution in [-0.4, -0.2) is 49.3 Å². The number of benzene rings is 1. The predicted molar refractivity (Wildman–Crippen MR) is 82.0 cm³/mol. The molecule has 0 unspecified atom stereocenters. The molecule has 0 bridgehead atoms. The maximum atomic E-state index is 11.0. The second kappa shape index (κ2) is 5.81. The molecule has 0 N–H and O–H groups in total. The van der Waals surface area contributed by atoms with Gasteiger partial charge in [-0.1, -0.05) is 0 Å². The molecule has 1 saturated carbocycles. The zero-order valence-corrected chi connectivity index (χ0v) is 12.7. The summed E-state index contributed by atoms with van der Waals surface area (Å²) < 4.78 is 0. The van der Waals surface area contributed by atoms with Crippen molar-refractivity contribution in [3.63, 3.8) is 0 Å². The van der Waals surface area contributed by atoms with Crippen LogP contribution in [0, 0.1) is 10.1 Å². The highest BCUT2D eigenvalue weighted by Gasteiger charge is 2.40. The second-order valence-electron chi connectivity index (χ2n) is 5.95. The Bertz CT molecular complexity index is 553. The van der Waals surface area contributed by atoms with Gasteiger partial charge in [0.2, 0.25) is 0 Å². The number of carbonyl (C=O) groups excluding carboxylic acids is 1. The average molecular weight is 291 g/mol. The molecule has 1 fully saturated rings. The topological polar surface area (TPSA) is 66.7 Å². The van der Waals surface area contributed by atoms with Crippen LogP contribution in [0.5, 0.6) is 0 Å². The largest absolute Gasteiger partial charge is 0.373 e. The Kier molecular flexibility index (Phi) is 4.27. The molecule has 2 rings (SSSR count). The molecule has 1 aliphatic rings. The normalized spacial score (nSPS) is 16.4. The predicted octanol–water partition coefficient (Wildman–Crippen LogP) is 2.33. The zero-order chi connectivity index (χ0) is 15.6. The van der Waals surface area contributed by atoms with Gasteiger partial charge < -0.3 is 9.80 Å². The van der Waals surface area contributed by atoms with E-state index in [0.29, 0.717) is 6.29 Å². The van der Waals surface area contributed by atoms with Gasteiger partial charge in [-0.2, -0.15) is 0 Å². The van der Waals surface area contributed by atoms with Gasteiger partial charge in [-0.05, 0) is 45.5 Å². The van der Waals surface area contributed by atoms with Crippen LogP contribution >= 0.6 is 0 Å². The van der Waals surface area contributed by atoms with Crippen LogP contribution in [0.4, 0.5) is 11.4 Å². The van der Waals surface area contributed by atoms with Gasteiger partial charge in [0.1, 0.15) is 0 Å². The fraction of sp³-hybridized carbons (Fsp3) is 0.533. The van der Waals surface area contributed by atoms with Crippen molar-refractivity contribution in [2.24, 2.45) is 0 Å². The zero-order valence-electron chi connectivity index (χ0n) is 12.7. The van der Waals surface area contributed by atoms with Crippen molar-refractivity contribution in [1.29, 1.82) is 0 Å². The minimum atomic E-state index is -0.527. The number of anilines is 1. The third-order valence-electron chi connectivity index (χ3n) is 4.54. The summed E-state index contributed by atoms with van der Waals surface area (Å²) in [6.45, 7) is 0.843. The van der Waals surface area contributed by atoms with Crippen molar-refractivity contribution in [1.82, 2.24) is 4.90 Å². The third-order valence-corrected chi connectivity index (χ3v) is 4.54. The van der Waals surface area contributed by atoms with Crippen molar-refractivity contribution < 1.29 is 9.72 Å². The summed E-state index contributed by atoms with van der Waals surface area (Å²) in [5.74, 6) is 0. The standard InChI is InChI=1S/C15H21N3O3/c1-16(2)15(7-4-8-15)11-17(3)13-5-6-14(18(20)21)12(9-13)10-19/h5-6,9-10H,4,7-8,11H2,1-3H3. The number of hydrogen-bond donors (Lipinski definition) is 0. The van der Waals surface area contributed by atoms with Crippen LogP contribution in [-0.2, 0) is 0 Å². The molecule has 6 nitrogen and oxygen atoms in total. The van der Waals surface area contributed by atoms with E-state index in [1.165, 1.54) is 12.5 Å². The highest BCUT2D eigenvalue weighted by atomic mass is 16.6. The van der Waals surface area contributed by atoms with Crippen molar-refractivity contribution in [2.45, 2.75) is 24.8 Å². The Morgan fingerprint density at radius 1 is 1.33 bits per heavy atom. The van der Waals surface area contributed by atoms with Crippen LogP contribution in [0.25, 0.3) is 0 Å². The molecule has 1 aliphatic carbocycles. The smallest absolute Gasteiger partial charge is 0.280 e. The summed E-state index contributed by atoms with van der Waals surface area (Å²) in [6.07, 6.45) is 4.07. The lowest BCUT2D eigenvalue weighted by Crippen LogP contribution is -2.56. The van der Waals surface area contributed by atoms with Crippen LogP contribution in [0.15, 0.2) is 18.2 Å². The number of aldehydes is 1. The number of nitrogens with zero attached hydrogens (tertiary/aromatic N) is 3. The van der Waals surface area contributed by atoms with E-state index in [4.69, 9.17) is 0 Å². The minimum absolute atomic E-state index is 0.122. The SMILES string of the molecule is CN(CC1(N(C)C)CCC1)c1ccc([N+](=O)[O-])c(C=O)c1. The quantitative estimate of drug-likeness (QED) is 0.457. The van der Waals surface area contributed by atoms with Crippen molar-refractivity contribution in [2.75, 3.05) is 32.6 Å². The van der Waals surface area contributed by atoms with E-state index in [2.05, 4.69) is 23.9 Å². The van der Waals surface area contributed by atoms with Crippen molar-refractivity contribution in [3.05, 3.63) is 33.9 Å². The van der Waals surface area contributed by atoms with E-state index < -0.39 is 4.92 Å². The molecule has 6 heteroatoms. The fourth-order valence-corrected chi connectivity index (χ4v) is 2.90.